The molecule has 0 aliphatic carbocycles. The third kappa shape index (κ3) is 3.53. The van der Waals surface area contributed by atoms with Crippen molar-refractivity contribution in [1.29, 1.82) is 0 Å². The fourth-order valence-corrected chi connectivity index (χ4v) is 3.35. The molecule has 140 valence electrons. The number of nitro groups is 1. The maximum absolute atomic E-state index is 12.9. The molecule has 7 nitrogen and oxygen atoms in total. The average molecular weight is 367 g/mol. The lowest BCUT2D eigenvalue weighted by molar-refractivity contribution is -0.384. The second kappa shape index (κ2) is 7.57. The predicted octanol–water partition coefficient (Wildman–Crippen LogP) is 3.03. The summed E-state index contributed by atoms with van der Waals surface area (Å²) in [5, 5.41) is 10.8. The topological polar surface area (TPSA) is 83.8 Å². The fraction of sp³-hybridized carbons (Fsp3) is 0.300. The van der Waals surface area contributed by atoms with Gasteiger partial charge in [0.2, 0.25) is 5.91 Å². The molecule has 0 N–H and O–H groups in total. The molecule has 1 aliphatic heterocycles. The molecule has 2 amide bonds. The molecule has 1 heterocycles. The Hall–Kier alpha value is -3.22. The van der Waals surface area contributed by atoms with Gasteiger partial charge in [0.05, 0.1) is 4.92 Å². The monoisotopic (exact) mass is 367 g/mol. The highest BCUT2D eigenvalue weighted by Gasteiger charge is 2.35. The van der Waals surface area contributed by atoms with Crippen molar-refractivity contribution in [1.82, 2.24) is 4.90 Å². The number of anilines is 1. The SMILES string of the molecule is CCc1ccccc1N1CCN(C(=O)c2ccc([N+](=O)[O-])cc2)[C@@H](C)C1=O. The van der Waals surface area contributed by atoms with E-state index in [1.807, 2.05) is 31.2 Å². The Morgan fingerprint density at radius 1 is 1.15 bits per heavy atom. The highest BCUT2D eigenvalue weighted by Crippen LogP contribution is 2.26. The lowest BCUT2D eigenvalue weighted by Gasteiger charge is -2.39. The number of carbonyl (C=O) groups excluding carboxylic acids is 2. The summed E-state index contributed by atoms with van der Waals surface area (Å²) in [4.78, 5) is 39.2. The van der Waals surface area contributed by atoms with Crippen LogP contribution in [0.3, 0.4) is 0 Å². The van der Waals surface area contributed by atoms with Crippen molar-refractivity contribution in [3.8, 4) is 0 Å². The van der Waals surface area contributed by atoms with Crippen molar-refractivity contribution >= 4 is 23.2 Å². The van der Waals surface area contributed by atoms with E-state index in [2.05, 4.69) is 0 Å². The van der Waals surface area contributed by atoms with Crippen LogP contribution in [-0.2, 0) is 11.2 Å². The quantitative estimate of drug-likeness (QED) is 0.614. The van der Waals surface area contributed by atoms with Gasteiger partial charge in [-0.1, -0.05) is 25.1 Å². The Bertz CT molecular complexity index is 879. The number of rotatable bonds is 4. The molecule has 1 saturated heterocycles. The van der Waals surface area contributed by atoms with Crippen molar-refractivity contribution in [3.05, 3.63) is 69.8 Å². The maximum Gasteiger partial charge on any atom is 0.269 e. The van der Waals surface area contributed by atoms with Crippen LogP contribution >= 0.6 is 0 Å². The van der Waals surface area contributed by atoms with Crippen molar-refractivity contribution in [2.24, 2.45) is 0 Å². The van der Waals surface area contributed by atoms with Gasteiger partial charge in [-0.3, -0.25) is 19.7 Å². The standard InChI is InChI=1S/C20H21N3O4/c1-3-15-6-4-5-7-18(15)22-13-12-21(14(2)19(22)24)20(25)16-8-10-17(11-9-16)23(26)27/h4-11,14H,3,12-13H2,1-2H3/t14-/m0/s1. The number of nitrogens with zero attached hydrogens (tertiary/aromatic N) is 3. The summed E-state index contributed by atoms with van der Waals surface area (Å²) in [5.41, 5.74) is 2.24. The number of aryl methyl sites for hydroxylation is 1. The van der Waals surface area contributed by atoms with E-state index in [-0.39, 0.29) is 17.5 Å². The highest BCUT2D eigenvalue weighted by atomic mass is 16.6. The van der Waals surface area contributed by atoms with E-state index in [9.17, 15) is 19.7 Å². The average Bonchev–Trinajstić information content (AvgIpc) is 2.69. The van der Waals surface area contributed by atoms with Gasteiger partial charge in [-0.2, -0.15) is 0 Å². The summed E-state index contributed by atoms with van der Waals surface area (Å²) in [6.45, 7) is 4.58. The van der Waals surface area contributed by atoms with Gasteiger partial charge in [-0.05, 0) is 37.1 Å². The number of nitro benzene ring substituents is 1. The third-order valence-corrected chi connectivity index (χ3v) is 4.90. The minimum Gasteiger partial charge on any atom is -0.325 e. The van der Waals surface area contributed by atoms with E-state index >= 15 is 0 Å². The summed E-state index contributed by atoms with van der Waals surface area (Å²) in [6, 6.07) is 12.6. The van der Waals surface area contributed by atoms with Crippen molar-refractivity contribution in [3.63, 3.8) is 0 Å². The number of benzene rings is 2. The van der Waals surface area contributed by atoms with E-state index in [1.54, 1.807) is 11.8 Å². The zero-order valence-electron chi connectivity index (χ0n) is 15.3. The Labute approximate surface area is 157 Å². The van der Waals surface area contributed by atoms with E-state index in [4.69, 9.17) is 0 Å². The van der Waals surface area contributed by atoms with Crippen LogP contribution in [0.15, 0.2) is 48.5 Å². The number of non-ortho nitro benzene ring substituents is 1. The Morgan fingerprint density at radius 3 is 2.44 bits per heavy atom. The first-order valence-corrected chi connectivity index (χ1v) is 8.88. The van der Waals surface area contributed by atoms with Crippen LogP contribution in [0.5, 0.6) is 0 Å². The van der Waals surface area contributed by atoms with Gasteiger partial charge in [-0.15, -0.1) is 0 Å². The second-order valence-electron chi connectivity index (χ2n) is 6.45. The lowest BCUT2D eigenvalue weighted by atomic mass is 10.1. The minimum absolute atomic E-state index is 0.0725. The number of hydrogen-bond donors (Lipinski definition) is 0. The van der Waals surface area contributed by atoms with E-state index in [0.29, 0.717) is 18.7 Å². The van der Waals surface area contributed by atoms with Crippen LogP contribution in [0.4, 0.5) is 11.4 Å². The summed E-state index contributed by atoms with van der Waals surface area (Å²) in [6.07, 6.45) is 0.819. The summed E-state index contributed by atoms with van der Waals surface area (Å²) in [7, 11) is 0. The Morgan fingerprint density at radius 2 is 1.81 bits per heavy atom. The molecular formula is C20H21N3O4. The molecule has 0 aromatic heterocycles. The summed E-state index contributed by atoms with van der Waals surface area (Å²) >= 11 is 0. The van der Waals surface area contributed by atoms with Crippen LogP contribution in [0.25, 0.3) is 0 Å². The zero-order valence-corrected chi connectivity index (χ0v) is 15.3. The molecule has 2 aromatic rings. The lowest BCUT2D eigenvalue weighted by Crippen LogP contribution is -2.58. The Balaban J connectivity index is 1.80. The molecule has 0 spiro atoms. The molecule has 1 atom stereocenters. The molecule has 0 unspecified atom stereocenters. The largest absolute Gasteiger partial charge is 0.325 e. The number of hydrogen-bond acceptors (Lipinski definition) is 4. The van der Waals surface area contributed by atoms with Gasteiger partial charge in [0, 0.05) is 36.5 Å². The van der Waals surface area contributed by atoms with Crippen LogP contribution in [0.1, 0.15) is 29.8 Å². The molecule has 1 aliphatic rings. The van der Waals surface area contributed by atoms with Crippen molar-refractivity contribution in [2.75, 3.05) is 18.0 Å². The predicted molar refractivity (Wildman–Crippen MR) is 102 cm³/mol. The fourth-order valence-electron chi connectivity index (χ4n) is 3.35. The van der Waals surface area contributed by atoms with Crippen molar-refractivity contribution in [2.45, 2.75) is 26.3 Å². The zero-order chi connectivity index (χ0) is 19.6. The van der Waals surface area contributed by atoms with E-state index in [0.717, 1.165) is 17.7 Å². The van der Waals surface area contributed by atoms with Gasteiger partial charge in [0.15, 0.2) is 0 Å². The van der Waals surface area contributed by atoms with Crippen LogP contribution in [0, 0.1) is 10.1 Å². The van der Waals surface area contributed by atoms with Crippen LogP contribution in [0.2, 0.25) is 0 Å². The molecule has 2 aromatic carbocycles. The Kier molecular flexibility index (Phi) is 5.21. The molecule has 27 heavy (non-hydrogen) atoms. The molecule has 0 bridgehead atoms. The van der Waals surface area contributed by atoms with Crippen LogP contribution in [-0.4, -0.2) is 40.8 Å². The van der Waals surface area contributed by atoms with Gasteiger partial charge in [-0.25, -0.2) is 0 Å². The number of amides is 2. The maximum atomic E-state index is 12.9. The van der Waals surface area contributed by atoms with Gasteiger partial charge in [0.25, 0.3) is 11.6 Å². The van der Waals surface area contributed by atoms with Crippen LogP contribution < -0.4 is 4.90 Å². The highest BCUT2D eigenvalue weighted by molar-refractivity contribution is 6.03. The van der Waals surface area contributed by atoms with E-state index < -0.39 is 11.0 Å². The van der Waals surface area contributed by atoms with Crippen molar-refractivity contribution < 1.29 is 14.5 Å². The molecule has 0 radical (unpaired) electrons. The number of para-hydroxylation sites is 1. The second-order valence-corrected chi connectivity index (χ2v) is 6.45. The number of carbonyl (C=O) groups is 2. The summed E-state index contributed by atoms with van der Waals surface area (Å²) < 4.78 is 0. The van der Waals surface area contributed by atoms with E-state index in [1.165, 1.54) is 29.2 Å². The molecule has 7 heteroatoms. The summed E-state index contributed by atoms with van der Waals surface area (Å²) in [5.74, 6) is -0.424. The first-order valence-electron chi connectivity index (χ1n) is 8.88. The van der Waals surface area contributed by atoms with Gasteiger partial charge >= 0.3 is 0 Å². The smallest absolute Gasteiger partial charge is 0.269 e. The van der Waals surface area contributed by atoms with Gasteiger partial charge in [0.1, 0.15) is 6.04 Å². The molecule has 3 rings (SSSR count). The molecular weight excluding hydrogens is 346 g/mol. The molecule has 0 saturated carbocycles. The number of piperazine rings is 1. The normalized spacial score (nSPS) is 17.1. The van der Waals surface area contributed by atoms with Gasteiger partial charge < -0.3 is 9.80 Å². The molecule has 1 fully saturated rings. The first kappa shape index (κ1) is 18.6. The third-order valence-electron chi connectivity index (χ3n) is 4.90. The minimum atomic E-state index is -0.605. The first-order chi connectivity index (χ1) is 12.9.